The summed E-state index contributed by atoms with van der Waals surface area (Å²) in [6.45, 7) is 2.01. The summed E-state index contributed by atoms with van der Waals surface area (Å²) in [7, 11) is 1.66. The van der Waals surface area contributed by atoms with Crippen molar-refractivity contribution >= 4 is 11.9 Å². The second kappa shape index (κ2) is 4.57. The largest absolute Gasteiger partial charge is 0.341 e. The van der Waals surface area contributed by atoms with Crippen molar-refractivity contribution in [2.24, 2.45) is 4.99 Å². The van der Waals surface area contributed by atoms with Gasteiger partial charge in [-0.25, -0.2) is 0 Å². The van der Waals surface area contributed by atoms with Crippen LogP contribution in [0.15, 0.2) is 35.3 Å². The minimum atomic E-state index is -0.559. The Morgan fingerprint density at radius 3 is 2.53 bits per heavy atom. The van der Waals surface area contributed by atoms with E-state index in [0.29, 0.717) is 12.4 Å². The summed E-state index contributed by atoms with van der Waals surface area (Å²) in [4.78, 5) is 16.0. The van der Waals surface area contributed by atoms with E-state index >= 15 is 0 Å². The van der Waals surface area contributed by atoms with E-state index in [1.165, 1.54) is 0 Å². The third kappa shape index (κ3) is 2.16. The van der Waals surface area contributed by atoms with Crippen LogP contribution in [0.4, 0.5) is 0 Å². The normalized spacial score (nSPS) is 25.8. The number of nitrogens with one attached hydrogen (secondary N) is 2. The molecule has 1 fully saturated rings. The zero-order chi connectivity index (χ0) is 12.3. The fraction of sp³-hybridized carbons (Fsp3) is 0.385. The van der Waals surface area contributed by atoms with Gasteiger partial charge in [0, 0.05) is 13.5 Å². The van der Waals surface area contributed by atoms with E-state index < -0.39 is 5.54 Å². The predicted octanol–water partition coefficient (Wildman–Crippen LogP) is 1.08. The van der Waals surface area contributed by atoms with Crippen molar-refractivity contribution < 1.29 is 4.79 Å². The number of rotatable bonds is 3. The average molecular weight is 231 g/mol. The zero-order valence-electron chi connectivity index (χ0n) is 10.2. The fourth-order valence-electron chi connectivity index (χ4n) is 2.10. The Morgan fingerprint density at radius 2 is 2.00 bits per heavy atom. The summed E-state index contributed by atoms with van der Waals surface area (Å²) < 4.78 is 0. The van der Waals surface area contributed by atoms with Crippen molar-refractivity contribution in [1.29, 1.82) is 0 Å². The third-order valence-electron chi connectivity index (χ3n) is 3.20. The Balaban J connectivity index is 2.24. The number of benzene rings is 1. The number of guanidine groups is 1. The molecule has 4 heteroatoms. The number of aliphatic imine (C=N–C) groups is 1. The highest BCUT2D eigenvalue weighted by Gasteiger charge is 2.43. The van der Waals surface area contributed by atoms with Gasteiger partial charge in [0.05, 0.1) is 0 Å². The topological polar surface area (TPSA) is 53.5 Å². The molecule has 1 saturated heterocycles. The summed E-state index contributed by atoms with van der Waals surface area (Å²) in [6, 6.07) is 10.0. The third-order valence-corrected chi connectivity index (χ3v) is 3.20. The lowest BCUT2D eigenvalue weighted by molar-refractivity contribution is -0.124. The van der Waals surface area contributed by atoms with E-state index in [9.17, 15) is 4.79 Å². The maximum atomic E-state index is 12.0. The lowest BCUT2D eigenvalue weighted by atomic mass is 9.88. The molecule has 0 spiro atoms. The van der Waals surface area contributed by atoms with E-state index in [-0.39, 0.29) is 5.91 Å². The molecular formula is C13H17N3O. The van der Waals surface area contributed by atoms with E-state index in [1.54, 1.807) is 7.05 Å². The van der Waals surface area contributed by atoms with Gasteiger partial charge in [0.15, 0.2) is 5.96 Å². The first-order valence-electron chi connectivity index (χ1n) is 5.80. The van der Waals surface area contributed by atoms with Crippen LogP contribution < -0.4 is 10.6 Å². The van der Waals surface area contributed by atoms with Gasteiger partial charge >= 0.3 is 0 Å². The maximum absolute atomic E-state index is 12.0. The average Bonchev–Trinajstić information content (AvgIpc) is 2.68. The summed E-state index contributed by atoms with van der Waals surface area (Å²) in [6.07, 6.45) is 1.40. The highest BCUT2D eigenvalue weighted by atomic mass is 16.2. The summed E-state index contributed by atoms with van der Waals surface area (Å²) in [5.41, 5.74) is 0.588. The molecule has 4 nitrogen and oxygen atoms in total. The van der Waals surface area contributed by atoms with Crippen LogP contribution in [0.2, 0.25) is 0 Å². The van der Waals surface area contributed by atoms with Crippen molar-refractivity contribution in [3.05, 3.63) is 35.9 Å². The first-order chi connectivity index (χ1) is 8.20. The van der Waals surface area contributed by atoms with Crippen LogP contribution in [0.5, 0.6) is 0 Å². The van der Waals surface area contributed by atoms with Gasteiger partial charge in [-0.2, -0.15) is 0 Å². The number of hydrogen-bond donors (Lipinski definition) is 2. The number of carbonyl (C=O) groups excluding carboxylic acids is 1. The van der Waals surface area contributed by atoms with Crippen LogP contribution >= 0.6 is 0 Å². The highest BCUT2D eigenvalue weighted by Crippen LogP contribution is 2.21. The standard InChI is InChI=1S/C13H17N3O/c1-3-13(9-10-7-5-4-6-8-10)11(17)15-12(14-2)16-13/h4-8H,3,9H2,1-2H3,(H2,14,15,16,17). The molecule has 1 amide bonds. The summed E-state index contributed by atoms with van der Waals surface area (Å²) in [5.74, 6) is 0.567. The van der Waals surface area contributed by atoms with Crippen molar-refractivity contribution in [3.8, 4) is 0 Å². The molecule has 1 atom stereocenters. The van der Waals surface area contributed by atoms with Crippen molar-refractivity contribution in [2.75, 3.05) is 7.05 Å². The van der Waals surface area contributed by atoms with E-state index in [2.05, 4.69) is 15.6 Å². The molecule has 0 aliphatic carbocycles. The minimum absolute atomic E-state index is 0.00412. The first kappa shape index (κ1) is 11.6. The molecule has 1 aromatic carbocycles. The van der Waals surface area contributed by atoms with Gasteiger partial charge in [0.1, 0.15) is 5.54 Å². The Labute approximate surface area is 101 Å². The molecule has 0 radical (unpaired) electrons. The van der Waals surface area contributed by atoms with Gasteiger partial charge in [-0.15, -0.1) is 0 Å². The molecule has 0 aromatic heterocycles. The Kier molecular flexibility index (Phi) is 3.13. The summed E-state index contributed by atoms with van der Waals surface area (Å²) in [5, 5.41) is 5.96. The van der Waals surface area contributed by atoms with E-state index in [1.807, 2.05) is 37.3 Å². The Morgan fingerprint density at radius 1 is 1.29 bits per heavy atom. The summed E-state index contributed by atoms with van der Waals surface area (Å²) >= 11 is 0. The second-order valence-corrected chi connectivity index (χ2v) is 4.25. The molecule has 1 unspecified atom stereocenters. The molecule has 17 heavy (non-hydrogen) atoms. The quantitative estimate of drug-likeness (QED) is 0.818. The molecule has 2 N–H and O–H groups in total. The van der Waals surface area contributed by atoms with E-state index in [0.717, 1.165) is 12.0 Å². The number of nitrogens with zero attached hydrogens (tertiary/aromatic N) is 1. The van der Waals surface area contributed by atoms with Crippen LogP contribution in [0.1, 0.15) is 18.9 Å². The van der Waals surface area contributed by atoms with Gasteiger partial charge in [-0.3, -0.25) is 15.1 Å². The SMILES string of the molecule is CCC1(Cc2ccccc2)NC(=NC)NC1=O. The van der Waals surface area contributed by atoms with Crippen LogP contribution in [-0.4, -0.2) is 24.5 Å². The van der Waals surface area contributed by atoms with Crippen LogP contribution in [0.25, 0.3) is 0 Å². The second-order valence-electron chi connectivity index (χ2n) is 4.25. The Bertz CT molecular complexity index is 441. The van der Waals surface area contributed by atoms with Crippen molar-refractivity contribution in [2.45, 2.75) is 25.3 Å². The van der Waals surface area contributed by atoms with Gasteiger partial charge in [-0.05, 0) is 12.0 Å². The lowest BCUT2D eigenvalue weighted by Crippen LogP contribution is -2.48. The number of hydrogen-bond acceptors (Lipinski definition) is 2. The Hall–Kier alpha value is -1.84. The molecule has 2 rings (SSSR count). The monoisotopic (exact) mass is 231 g/mol. The lowest BCUT2D eigenvalue weighted by Gasteiger charge is -2.24. The first-order valence-corrected chi connectivity index (χ1v) is 5.80. The van der Waals surface area contributed by atoms with Crippen LogP contribution in [0.3, 0.4) is 0 Å². The maximum Gasteiger partial charge on any atom is 0.252 e. The van der Waals surface area contributed by atoms with Crippen LogP contribution in [-0.2, 0) is 11.2 Å². The smallest absolute Gasteiger partial charge is 0.252 e. The van der Waals surface area contributed by atoms with Gasteiger partial charge in [0.2, 0.25) is 0 Å². The van der Waals surface area contributed by atoms with Crippen LogP contribution in [0, 0.1) is 0 Å². The highest BCUT2D eigenvalue weighted by molar-refractivity contribution is 6.09. The zero-order valence-corrected chi connectivity index (χ0v) is 10.2. The molecule has 1 aliphatic rings. The minimum Gasteiger partial charge on any atom is -0.341 e. The molecule has 90 valence electrons. The molecule has 0 saturated carbocycles. The number of amides is 1. The molecule has 1 heterocycles. The van der Waals surface area contributed by atoms with Gasteiger partial charge in [-0.1, -0.05) is 37.3 Å². The molecule has 0 bridgehead atoms. The molecular weight excluding hydrogens is 214 g/mol. The van der Waals surface area contributed by atoms with Gasteiger partial charge in [0.25, 0.3) is 5.91 Å². The molecule has 1 aliphatic heterocycles. The number of carbonyl (C=O) groups is 1. The van der Waals surface area contributed by atoms with Crippen molar-refractivity contribution in [1.82, 2.24) is 10.6 Å². The van der Waals surface area contributed by atoms with E-state index in [4.69, 9.17) is 0 Å². The predicted molar refractivity (Wildman–Crippen MR) is 67.8 cm³/mol. The fourth-order valence-corrected chi connectivity index (χ4v) is 2.10. The molecule has 1 aromatic rings. The van der Waals surface area contributed by atoms with Crippen molar-refractivity contribution in [3.63, 3.8) is 0 Å². The van der Waals surface area contributed by atoms with Gasteiger partial charge < -0.3 is 5.32 Å².